The Morgan fingerprint density at radius 1 is 0.232 bits per heavy atom. The molecule has 0 atom stereocenters. The van der Waals surface area contributed by atoms with E-state index in [1.54, 1.807) is 0 Å². The van der Waals surface area contributed by atoms with E-state index in [0.717, 1.165) is 34.0 Å². The van der Waals surface area contributed by atoms with Crippen LogP contribution in [0, 0.1) is 6.92 Å². The number of benzene rings is 14. The number of rotatable bonds is 8. The molecule has 0 heterocycles. The van der Waals surface area contributed by atoms with Gasteiger partial charge < -0.3 is 9.80 Å². The predicted molar refractivity (Wildman–Crippen MR) is 298 cm³/mol. The molecule has 2 heteroatoms. The van der Waals surface area contributed by atoms with Crippen LogP contribution in [0.1, 0.15) is 16.7 Å². The molecule has 0 saturated carbocycles. The number of anilines is 6. The third kappa shape index (κ3) is 6.06. The van der Waals surface area contributed by atoms with Crippen molar-refractivity contribution in [3.8, 4) is 0 Å². The van der Waals surface area contributed by atoms with Gasteiger partial charge in [0.15, 0.2) is 0 Å². The normalized spacial score (nSPS) is 12.1. The highest BCUT2D eigenvalue weighted by molar-refractivity contribution is 6.48. The van der Waals surface area contributed by atoms with Gasteiger partial charge in [0, 0.05) is 33.5 Å². The highest BCUT2D eigenvalue weighted by atomic mass is 15.1. The largest absolute Gasteiger partial charge is 0.310 e. The van der Waals surface area contributed by atoms with Gasteiger partial charge in [-0.05, 0) is 154 Å². The Morgan fingerprint density at radius 3 is 1.00 bits per heavy atom. The molecule has 0 saturated heterocycles. The molecule has 0 aliphatic carbocycles. The number of para-hydroxylation sites is 2. The molecule has 0 unspecified atom stereocenters. The van der Waals surface area contributed by atoms with Gasteiger partial charge in [-0.15, -0.1) is 0 Å². The van der Waals surface area contributed by atoms with E-state index in [0.29, 0.717) is 0 Å². The van der Waals surface area contributed by atoms with Crippen LogP contribution in [0.2, 0.25) is 0 Å². The van der Waals surface area contributed by atoms with Crippen LogP contribution < -0.4 is 9.80 Å². The highest BCUT2D eigenvalue weighted by Crippen LogP contribution is 2.53. The van der Waals surface area contributed by atoms with Gasteiger partial charge in [-0.25, -0.2) is 0 Å². The van der Waals surface area contributed by atoms with Gasteiger partial charge in [0.1, 0.15) is 0 Å². The maximum Gasteiger partial charge on any atom is 0.0540 e. The van der Waals surface area contributed by atoms with Gasteiger partial charge >= 0.3 is 0 Å². The zero-order chi connectivity index (χ0) is 45.6. The maximum atomic E-state index is 2.42. The van der Waals surface area contributed by atoms with Crippen molar-refractivity contribution < 1.29 is 0 Å². The first-order valence-electron chi connectivity index (χ1n) is 23.9. The van der Waals surface area contributed by atoms with Crippen LogP contribution in [0.25, 0.3) is 98.3 Å². The number of hydrogen-bond acceptors (Lipinski definition) is 2. The fourth-order valence-electron chi connectivity index (χ4n) is 11.6. The van der Waals surface area contributed by atoms with Gasteiger partial charge in [0.25, 0.3) is 0 Å². The van der Waals surface area contributed by atoms with Crippen molar-refractivity contribution in [3.05, 3.63) is 253 Å². The second kappa shape index (κ2) is 15.6. The molecule has 14 rings (SSSR count). The van der Waals surface area contributed by atoms with Crippen LogP contribution in [0.3, 0.4) is 0 Å². The Kier molecular flexibility index (Phi) is 8.84. The molecule has 0 bridgehead atoms. The predicted octanol–water partition coefficient (Wildman–Crippen LogP) is 19.2. The average molecular weight is 877 g/mol. The van der Waals surface area contributed by atoms with Crippen molar-refractivity contribution in [3.63, 3.8) is 0 Å². The number of aryl methyl sites for hydroxylation is 1. The molecule has 322 valence electrons. The lowest BCUT2D eigenvalue weighted by molar-refractivity contribution is 1.29. The summed E-state index contributed by atoms with van der Waals surface area (Å²) in [7, 11) is 0. The first-order valence-corrected chi connectivity index (χ1v) is 23.9. The van der Waals surface area contributed by atoms with E-state index in [4.69, 9.17) is 0 Å². The molecule has 0 N–H and O–H groups in total. The van der Waals surface area contributed by atoms with Gasteiger partial charge in [0.05, 0.1) is 11.4 Å². The second-order valence-electron chi connectivity index (χ2n) is 18.4. The first kappa shape index (κ1) is 39.2. The van der Waals surface area contributed by atoms with Crippen LogP contribution in [0.15, 0.2) is 237 Å². The summed E-state index contributed by atoms with van der Waals surface area (Å²) in [6.45, 7) is 2.15. The quantitative estimate of drug-likeness (QED) is 0.0852. The van der Waals surface area contributed by atoms with Crippen LogP contribution in [-0.4, -0.2) is 0 Å². The summed E-state index contributed by atoms with van der Waals surface area (Å²) in [5, 5.41) is 20.6. The van der Waals surface area contributed by atoms with Crippen molar-refractivity contribution in [2.24, 2.45) is 0 Å². The van der Waals surface area contributed by atoms with Gasteiger partial charge in [-0.2, -0.15) is 0 Å². The van der Waals surface area contributed by atoms with E-state index in [9.17, 15) is 0 Å². The number of nitrogens with zero attached hydrogens (tertiary/aromatic N) is 2. The van der Waals surface area contributed by atoms with Crippen molar-refractivity contribution in [2.75, 3.05) is 9.80 Å². The SMILES string of the molecule is Cc1ccc(N(c2ccccc2)c2ccc3c4cccc5c4c(c4cccc2c34)c2cccc3c4ccc(N(c6ccccc6)c6ccc(C=Cc7ccccc7)cc6)c6cccc(c64)c5c32)cc1. The lowest BCUT2D eigenvalue weighted by atomic mass is 9.81. The van der Waals surface area contributed by atoms with Crippen molar-refractivity contribution >= 4 is 132 Å². The average Bonchev–Trinajstić information content (AvgIpc) is 3.41. The van der Waals surface area contributed by atoms with Crippen LogP contribution in [0.4, 0.5) is 34.1 Å². The summed E-state index contributed by atoms with van der Waals surface area (Å²) in [6.07, 6.45) is 4.37. The Hall–Kier alpha value is -8.98. The minimum atomic E-state index is 1.11. The van der Waals surface area contributed by atoms with E-state index in [1.165, 1.54) is 103 Å². The Balaban J connectivity index is 1.02. The standard InChI is InChI=1S/C67H44N2/c1-43-29-35-48(36-30-43)68(46-17-7-3-8-18-46)60-41-39-52-50-21-11-28-59-64(50)66(56-25-13-23-54(60)62(52)56)58-27-12-22-51-53-40-42-61(55-24-14-26-57(63(53)55)67(59)65(51)58)69(47-19-9-4-10-20-47)49-37-33-45(34-38-49)32-31-44-15-5-2-6-16-44/h2-42H,1H3. The minimum absolute atomic E-state index is 1.11. The molecule has 2 nitrogen and oxygen atoms in total. The van der Waals surface area contributed by atoms with Gasteiger partial charge in [0.2, 0.25) is 0 Å². The van der Waals surface area contributed by atoms with Gasteiger partial charge in [-0.3, -0.25) is 0 Å². The molecule has 69 heavy (non-hydrogen) atoms. The minimum Gasteiger partial charge on any atom is -0.310 e. The van der Waals surface area contributed by atoms with Crippen molar-refractivity contribution in [2.45, 2.75) is 6.92 Å². The first-order chi connectivity index (χ1) is 34.2. The lowest BCUT2D eigenvalue weighted by Crippen LogP contribution is -2.10. The number of hydrogen-bond donors (Lipinski definition) is 0. The second-order valence-corrected chi connectivity index (χ2v) is 18.4. The molecule has 0 aromatic heterocycles. The lowest BCUT2D eigenvalue weighted by Gasteiger charge is -2.29. The number of fused-ring (bicyclic) bond motifs is 6. The summed E-state index contributed by atoms with van der Waals surface area (Å²) >= 11 is 0. The molecule has 0 amide bonds. The summed E-state index contributed by atoms with van der Waals surface area (Å²) in [6, 6.07) is 87.3. The highest BCUT2D eigenvalue weighted by Gasteiger charge is 2.25. The van der Waals surface area contributed by atoms with Crippen LogP contribution in [0.5, 0.6) is 0 Å². The monoisotopic (exact) mass is 876 g/mol. The van der Waals surface area contributed by atoms with E-state index >= 15 is 0 Å². The fourth-order valence-corrected chi connectivity index (χ4v) is 11.6. The zero-order valence-electron chi connectivity index (χ0n) is 38.1. The molecular formula is C67H44N2. The Bertz CT molecular complexity index is 4270. The summed E-state index contributed by atoms with van der Waals surface area (Å²) in [5.41, 5.74) is 10.4. The van der Waals surface area contributed by atoms with Gasteiger partial charge in [-0.1, -0.05) is 194 Å². The third-order valence-corrected chi connectivity index (χ3v) is 14.5. The smallest absolute Gasteiger partial charge is 0.0540 e. The molecule has 0 radical (unpaired) electrons. The molecule has 14 aromatic carbocycles. The van der Waals surface area contributed by atoms with E-state index < -0.39 is 0 Å². The topological polar surface area (TPSA) is 6.48 Å². The summed E-state index contributed by atoms with van der Waals surface area (Å²) in [4.78, 5) is 4.84. The van der Waals surface area contributed by atoms with E-state index in [1.807, 2.05) is 0 Å². The summed E-state index contributed by atoms with van der Waals surface area (Å²) in [5.74, 6) is 0. The van der Waals surface area contributed by atoms with Crippen LogP contribution >= 0.6 is 0 Å². The summed E-state index contributed by atoms with van der Waals surface area (Å²) < 4.78 is 0. The zero-order valence-corrected chi connectivity index (χ0v) is 38.1. The molecule has 0 fully saturated rings. The molecule has 0 spiro atoms. The van der Waals surface area contributed by atoms with E-state index in [-0.39, 0.29) is 0 Å². The van der Waals surface area contributed by atoms with Crippen molar-refractivity contribution in [1.82, 2.24) is 0 Å². The van der Waals surface area contributed by atoms with Crippen LogP contribution in [-0.2, 0) is 0 Å². The third-order valence-electron chi connectivity index (χ3n) is 14.5. The maximum absolute atomic E-state index is 2.42. The molecule has 0 aliphatic rings. The van der Waals surface area contributed by atoms with Crippen molar-refractivity contribution in [1.29, 1.82) is 0 Å². The fraction of sp³-hybridized carbons (Fsp3) is 0.0149. The molecule has 0 aliphatic heterocycles. The Labute approximate surface area is 400 Å². The van der Waals surface area contributed by atoms with E-state index in [2.05, 4.69) is 265 Å². The molecule has 14 aromatic rings. The molecular weight excluding hydrogens is 833 g/mol. The Morgan fingerprint density at radius 2 is 0.551 bits per heavy atom.